The van der Waals surface area contributed by atoms with Gasteiger partial charge in [0.2, 0.25) is 11.8 Å². The zero-order valence-corrected chi connectivity index (χ0v) is 18.1. The number of carbonyl (C=O) groups is 3. The molecule has 0 saturated carbocycles. The number of nitrogens with zero attached hydrogens (tertiary/aromatic N) is 1. The number of hydrogen-bond acceptors (Lipinski definition) is 4. The maximum absolute atomic E-state index is 12.6. The van der Waals surface area contributed by atoms with Gasteiger partial charge in [-0.2, -0.15) is 0 Å². The Bertz CT molecular complexity index is 717. The molecule has 1 aliphatic rings. The van der Waals surface area contributed by atoms with Crippen LogP contribution in [-0.4, -0.2) is 47.5 Å². The maximum atomic E-state index is 12.6. The fourth-order valence-electron chi connectivity index (χ4n) is 3.30. The molecule has 1 aliphatic heterocycles. The number of piperidine rings is 1. The number of rotatable bonds is 5. The van der Waals surface area contributed by atoms with Crippen LogP contribution in [0.4, 0.5) is 4.79 Å². The molecule has 0 radical (unpaired) electrons. The molecule has 1 atom stereocenters. The lowest BCUT2D eigenvalue weighted by molar-refractivity contribution is -0.123. The van der Waals surface area contributed by atoms with Crippen molar-refractivity contribution in [1.82, 2.24) is 15.5 Å². The third kappa shape index (κ3) is 7.75. The minimum atomic E-state index is -0.517. The second-order valence-electron chi connectivity index (χ2n) is 8.68. The van der Waals surface area contributed by atoms with Gasteiger partial charge in [-0.25, -0.2) is 4.79 Å². The van der Waals surface area contributed by atoms with Crippen molar-refractivity contribution >= 4 is 17.9 Å². The van der Waals surface area contributed by atoms with Crippen LogP contribution in [0.5, 0.6) is 0 Å². The van der Waals surface area contributed by atoms with Gasteiger partial charge in [-0.1, -0.05) is 29.8 Å². The standard InChI is InChI=1S/C22H33N3O4/c1-15-6-8-17(9-7-15)19(23-16(2)26)14-20(27)24-18-10-12-25(13-11-18)21(28)29-22(3,4)5/h6-9,18-19H,10-14H2,1-5H3,(H,23,26)(H,24,27). The largest absolute Gasteiger partial charge is 0.444 e. The smallest absolute Gasteiger partial charge is 0.410 e. The molecule has 1 aromatic carbocycles. The van der Waals surface area contributed by atoms with Gasteiger partial charge in [-0.3, -0.25) is 9.59 Å². The van der Waals surface area contributed by atoms with Crippen LogP contribution in [0.25, 0.3) is 0 Å². The van der Waals surface area contributed by atoms with Crippen LogP contribution in [-0.2, 0) is 14.3 Å². The number of amides is 3. The van der Waals surface area contributed by atoms with Crippen molar-refractivity contribution in [1.29, 1.82) is 0 Å². The van der Waals surface area contributed by atoms with Crippen LogP contribution >= 0.6 is 0 Å². The van der Waals surface area contributed by atoms with E-state index in [-0.39, 0.29) is 36.4 Å². The summed E-state index contributed by atoms with van der Waals surface area (Å²) in [7, 11) is 0. The monoisotopic (exact) mass is 403 g/mol. The predicted molar refractivity (Wildman–Crippen MR) is 111 cm³/mol. The highest BCUT2D eigenvalue weighted by Gasteiger charge is 2.28. The number of likely N-dealkylation sites (tertiary alicyclic amines) is 1. The molecular weight excluding hydrogens is 370 g/mol. The Labute approximate surface area is 173 Å². The zero-order chi connectivity index (χ0) is 21.6. The molecular formula is C22H33N3O4. The van der Waals surface area contributed by atoms with Crippen molar-refractivity contribution in [2.24, 2.45) is 0 Å². The van der Waals surface area contributed by atoms with Crippen LogP contribution in [0.3, 0.4) is 0 Å². The first-order valence-corrected chi connectivity index (χ1v) is 10.1. The van der Waals surface area contributed by atoms with E-state index in [1.54, 1.807) is 4.90 Å². The lowest BCUT2D eigenvalue weighted by atomic mass is 10.0. The molecule has 7 heteroatoms. The summed E-state index contributed by atoms with van der Waals surface area (Å²) < 4.78 is 5.40. The molecule has 160 valence electrons. The quantitative estimate of drug-likeness (QED) is 0.791. The van der Waals surface area contributed by atoms with E-state index in [1.165, 1.54) is 6.92 Å². The van der Waals surface area contributed by atoms with Gasteiger partial charge < -0.3 is 20.3 Å². The molecule has 2 N–H and O–H groups in total. The molecule has 3 amide bonds. The number of aryl methyl sites for hydroxylation is 1. The summed E-state index contributed by atoms with van der Waals surface area (Å²) in [5.41, 5.74) is 1.51. The van der Waals surface area contributed by atoms with Gasteiger partial charge in [0, 0.05) is 26.1 Å². The van der Waals surface area contributed by atoms with Gasteiger partial charge in [0.1, 0.15) is 5.60 Å². The van der Waals surface area contributed by atoms with E-state index in [0.717, 1.165) is 11.1 Å². The normalized spacial score (nSPS) is 16.1. The molecule has 0 spiro atoms. The van der Waals surface area contributed by atoms with Gasteiger partial charge in [-0.05, 0) is 46.1 Å². The molecule has 1 unspecified atom stereocenters. The lowest BCUT2D eigenvalue weighted by Gasteiger charge is -2.34. The van der Waals surface area contributed by atoms with E-state index in [0.29, 0.717) is 25.9 Å². The van der Waals surface area contributed by atoms with Crippen molar-refractivity contribution in [3.63, 3.8) is 0 Å². The van der Waals surface area contributed by atoms with Crippen LogP contribution in [0.1, 0.15) is 64.1 Å². The molecule has 0 aromatic heterocycles. The Balaban J connectivity index is 1.87. The molecule has 1 saturated heterocycles. The summed E-state index contributed by atoms with van der Waals surface area (Å²) >= 11 is 0. The summed E-state index contributed by atoms with van der Waals surface area (Å²) in [5.74, 6) is -0.283. The van der Waals surface area contributed by atoms with Crippen molar-refractivity contribution in [3.8, 4) is 0 Å². The van der Waals surface area contributed by atoms with E-state index in [4.69, 9.17) is 4.74 Å². The van der Waals surface area contributed by atoms with Gasteiger partial charge in [0.15, 0.2) is 0 Å². The SMILES string of the molecule is CC(=O)NC(CC(=O)NC1CCN(C(=O)OC(C)(C)C)CC1)c1ccc(C)cc1. The van der Waals surface area contributed by atoms with Gasteiger partial charge in [0.05, 0.1) is 12.5 Å². The van der Waals surface area contributed by atoms with Crippen LogP contribution in [0, 0.1) is 6.92 Å². The Morgan fingerprint density at radius 3 is 2.24 bits per heavy atom. The Hall–Kier alpha value is -2.57. The summed E-state index contributed by atoms with van der Waals surface area (Å²) in [6.45, 7) is 10.1. The lowest BCUT2D eigenvalue weighted by Crippen LogP contribution is -2.48. The number of benzene rings is 1. The fraction of sp³-hybridized carbons (Fsp3) is 0.591. The highest BCUT2D eigenvalue weighted by Crippen LogP contribution is 2.19. The van der Waals surface area contributed by atoms with E-state index in [2.05, 4.69) is 10.6 Å². The highest BCUT2D eigenvalue weighted by atomic mass is 16.6. The molecule has 1 fully saturated rings. The topological polar surface area (TPSA) is 87.7 Å². The first-order chi connectivity index (χ1) is 13.5. The number of ether oxygens (including phenoxy) is 1. The molecule has 7 nitrogen and oxygen atoms in total. The second-order valence-corrected chi connectivity index (χ2v) is 8.68. The first kappa shape index (κ1) is 22.7. The van der Waals surface area contributed by atoms with E-state index in [1.807, 2.05) is 52.0 Å². The van der Waals surface area contributed by atoms with Gasteiger partial charge in [0.25, 0.3) is 0 Å². The van der Waals surface area contributed by atoms with Crippen molar-refractivity contribution in [2.45, 2.75) is 71.6 Å². The Morgan fingerprint density at radius 2 is 1.72 bits per heavy atom. The average Bonchev–Trinajstić information content (AvgIpc) is 2.60. The summed E-state index contributed by atoms with van der Waals surface area (Å²) in [6.07, 6.45) is 1.22. The fourth-order valence-corrected chi connectivity index (χ4v) is 3.30. The summed E-state index contributed by atoms with van der Waals surface area (Å²) in [6, 6.07) is 7.45. The molecule has 0 aliphatic carbocycles. The van der Waals surface area contributed by atoms with Crippen LogP contribution in [0.2, 0.25) is 0 Å². The third-order valence-electron chi connectivity index (χ3n) is 4.76. The van der Waals surface area contributed by atoms with E-state index >= 15 is 0 Å². The van der Waals surface area contributed by atoms with Crippen LogP contribution < -0.4 is 10.6 Å². The maximum Gasteiger partial charge on any atom is 0.410 e. The third-order valence-corrected chi connectivity index (χ3v) is 4.76. The molecule has 2 rings (SSSR count). The van der Waals surface area contributed by atoms with E-state index < -0.39 is 5.60 Å². The minimum Gasteiger partial charge on any atom is -0.444 e. The average molecular weight is 404 g/mol. The van der Waals surface area contributed by atoms with Crippen molar-refractivity contribution in [2.75, 3.05) is 13.1 Å². The molecule has 1 heterocycles. The zero-order valence-electron chi connectivity index (χ0n) is 18.1. The van der Waals surface area contributed by atoms with Crippen molar-refractivity contribution < 1.29 is 19.1 Å². The van der Waals surface area contributed by atoms with Gasteiger partial charge in [-0.15, -0.1) is 0 Å². The Morgan fingerprint density at radius 1 is 1.14 bits per heavy atom. The summed E-state index contributed by atoms with van der Waals surface area (Å²) in [4.78, 5) is 38.0. The van der Waals surface area contributed by atoms with Gasteiger partial charge >= 0.3 is 6.09 Å². The molecule has 0 bridgehead atoms. The highest BCUT2D eigenvalue weighted by molar-refractivity contribution is 5.79. The Kier molecular flexibility index (Phi) is 7.65. The first-order valence-electron chi connectivity index (χ1n) is 10.1. The summed E-state index contributed by atoms with van der Waals surface area (Å²) in [5, 5.41) is 5.90. The van der Waals surface area contributed by atoms with Crippen molar-refractivity contribution in [3.05, 3.63) is 35.4 Å². The number of nitrogens with one attached hydrogen (secondary N) is 2. The number of hydrogen-bond donors (Lipinski definition) is 2. The number of carbonyl (C=O) groups excluding carboxylic acids is 3. The molecule has 1 aromatic rings. The molecule has 29 heavy (non-hydrogen) atoms. The van der Waals surface area contributed by atoms with E-state index in [9.17, 15) is 14.4 Å². The second kappa shape index (κ2) is 9.76. The van der Waals surface area contributed by atoms with Crippen LogP contribution in [0.15, 0.2) is 24.3 Å². The predicted octanol–water partition coefficient (Wildman–Crippen LogP) is 3.08. The minimum absolute atomic E-state index is 0.0113.